The SMILES string of the molecule is Fc1cc(N2CCN(C3CCCC3)CC2)ncn1. The number of halogens is 1. The van der Waals surface area contributed by atoms with Crippen molar-refractivity contribution in [3.05, 3.63) is 18.3 Å². The largest absolute Gasteiger partial charge is 0.354 e. The fourth-order valence-electron chi connectivity index (χ4n) is 3.08. The highest BCUT2D eigenvalue weighted by Crippen LogP contribution is 2.25. The first-order valence-electron chi connectivity index (χ1n) is 6.79. The average molecular weight is 250 g/mol. The van der Waals surface area contributed by atoms with E-state index in [9.17, 15) is 4.39 Å². The quantitative estimate of drug-likeness (QED) is 0.748. The number of hydrogen-bond acceptors (Lipinski definition) is 4. The highest BCUT2D eigenvalue weighted by atomic mass is 19.1. The minimum absolute atomic E-state index is 0.446. The lowest BCUT2D eigenvalue weighted by Gasteiger charge is -2.38. The fraction of sp³-hybridized carbons (Fsp3) is 0.692. The van der Waals surface area contributed by atoms with Gasteiger partial charge in [-0.3, -0.25) is 4.90 Å². The molecule has 3 rings (SSSR count). The first-order chi connectivity index (χ1) is 8.83. The van der Waals surface area contributed by atoms with Crippen molar-refractivity contribution in [3.8, 4) is 0 Å². The lowest BCUT2D eigenvalue weighted by Crippen LogP contribution is -2.50. The Labute approximate surface area is 107 Å². The minimum Gasteiger partial charge on any atom is -0.354 e. The smallest absolute Gasteiger partial charge is 0.218 e. The zero-order valence-corrected chi connectivity index (χ0v) is 10.6. The Morgan fingerprint density at radius 2 is 1.78 bits per heavy atom. The number of anilines is 1. The van der Waals surface area contributed by atoms with Crippen molar-refractivity contribution in [1.82, 2.24) is 14.9 Å². The molecule has 98 valence electrons. The second kappa shape index (κ2) is 5.18. The highest BCUT2D eigenvalue weighted by molar-refractivity contribution is 5.37. The van der Waals surface area contributed by atoms with E-state index in [2.05, 4.69) is 19.8 Å². The van der Waals surface area contributed by atoms with Crippen molar-refractivity contribution in [2.75, 3.05) is 31.1 Å². The summed E-state index contributed by atoms with van der Waals surface area (Å²) in [5.74, 6) is 0.270. The minimum atomic E-state index is -0.446. The molecule has 2 heterocycles. The number of aromatic nitrogens is 2. The summed E-state index contributed by atoms with van der Waals surface area (Å²) in [6.07, 6.45) is 6.75. The molecule has 1 saturated carbocycles. The van der Waals surface area contributed by atoms with E-state index in [1.807, 2.05) is 0 Å². The zero-order chi connectivity index (χ0) is 12.4. The predicted molar refractivity (Wildman–Crippen MR) is 68.0 cm³/mol. The molecular weight excluding hydrogens is 231 g/mol. The predicted octanol–water partition coefficient (Wildman–Crippen LogP) is 1.68. The molecule has 0 N–H and O–H groups in total. The van der Waals surface area contributed by atoms with Crippen molar-refractivity contribution >= 4 is 5.82 Å². The standard InChI is InChI=1S/C13H19FN4/c14-12-9-13(16-10-15-12)18-7-5-17(6-8-18)11-3-1-2-4-11/h9-11H,1-8H2. The maximum absolute atomic E-state index is 13.1. The molecule has 0 spiro atoms. The van der Waals surface area contributed by atoms with E-state index in [-0.39, 0.29) is 0 Å². The Morgan fingerprint density at radius 1 is 1.06 bits per heavy atom. The molecule has 0 aromatic carbocycles. The molecule has 1 saturated heterocycles. The van der Waals surface area contributed by atoms with Crippen molar-refractivity contribution in [2.45, 2.75) is 31.7 Å². The molecule has 18 heavy (non-hydrogen) atoms. The monoisotopic (exact) mass is 250 g/mol. The third-order valence-corrected chi connectivity index (χ3v) is 4.10. The normalized spacial score (nSPS) is 22.6. The summed E-state index contributed by atoms with van der Waals surface area (Å²) in [4.78, 5) is 12.4. The molecular formula is C13H19FN4. The summed E-state index contributed by atoms with van der Waals surface area (Å²) in [6.45, 7) is 4.01. The number of nitrogens with zero attached hydrogens (tertiary/aromatic N) is 4. The number of hydrogen-bond donors (Lipinski definition) is 0. The molecule has 1 aromatic heterocycles. The molecule has 1 aliphatic heterocycles. The van der Waals surface area contributed by atoms with Crippen LogP contribution in [0.5, 0.6) is 0 Å². The van der Waals surface area contributed by atoms with Crippen LogP contribution in [0.3, 0.4) is 0 Å². The molecule has 1 aliphatic carbocycles. The van der Waals surface area contributed by atoms with Crippen molar-refractivity contribution in [2.24, 2.45) is 0 Å². The lowest BCUT2D eigenvalue weighted by molar-refractivity contribution is 0.187. The van der Waals surface area contributed by atoms with Crippen LogP contribution in [0, 0.1) is 5.95 Å². The van der Waals surface area contributed by atoms with Crippen molar-refractivity contribution in [1.29, 1.82) is 0 Å². The first-order valence-corrected chi connectivity index (χ1v) is 6.79. The van der Waals surface area contributed by atoms with Crippen molar-refractivity contribution in [3.63, 3.8) is 0 Å². The molecule has 4 nitrogen and oxygen atoms in total. The summed E-state index contributed by atoms with van der Waals surface area (Å²) in [7, 11) is 0. The van der Waals surface area contributed by atoms with Gasteiger partial charge < -0.3 is 4.90 Å². The average Bonchev–Trinajstić information content (AvgIpc) is 2.93. The molecule has 2 aliphatic rings. The molecule has 5 heteroatoms. The third-order valence-electron chi connectivity index (χ3n) is 4.10. The second-order valence-electron chi connectivity index (χ2n) is 5.16. The molecule has 0 amide bonds. The van der Waals surface area contributed by atoms with E-state index in [1.54, 1.807) is 0 Å². The van der Waals surface area contributed by atoms with Gasteiger partial charge in [-0.1, -0.05) is 12.8 Å². The zero-order valence-electron chi connectivity index (χ0n) is 10.6. The Hall–Kier alpha value is -1.23. The van der Waals surface area contributed by atoms with Gasteiger partial charge in [0, 0.05) is 38.3 Å². The molecule has 0 atom stereocenters. The van der Waals surface area contributed by atoms with Gasteiger partial charge in [0.1, 0.15) is 12.1 Å². The van der Waals surface area contributed by atoms with E-state index in [1.165, 1.54) is 38.1 Å². The second-order valence-corrected chi connectivity index (χ2v) is 5.16. The van der Waals surface area contributed by atoms with Crippen LogP contribution in [-0.4, -0.2) is 47.1 Å². The molecule has 0 unspecified atom stereocenters. The molecule has 1 aromatic rings. The lowest BCUT2D eigenvalue weighted by atomic mass is 10.2. The molecule has 0 bridgehead atoms. The van der Waals surface area contributed by atoms with E-state index >= 15 is 0 Å². The van der Waals surface area contributed by atoms with E-state index in [4.69, 9.17) is 0 Å². The maximum Gasteiger partial charge on any atom is 0.218 e. The van der Waals surface area contributed by atoms with Crippen LogP contribution < -0.4 is 4.90 Å². The third kappa shape index (κ3) is 2.46. The van der Waals surface area contributed by atoms with E-state index < -0.39 is 5.95 Å². The van der Waals surface area contributed by atoms with Crippen LogP contribution >= 0.6 is 0 Å². The number of piperazine rings is 1. The van der Waals surface area contributed by atoms with Gasteiger partial charge in [-0.15, -0.1) is 0 Å². The van der Waals surface area contributed by atoms with Gasteiger partial charge >= 0.3 is 0 Å². The van der Waals surface area contributed by atoms with Gasteiger partial charge in [0.05, 0.1) is 0 Å². The van der Waals surface area contributed by atoms with Gasteiger partial charge in [-0.05, 0) is 12.8 Å². The fourth-order valence-corrected chi connectivity index (χ4v) is 3.08. The van der Waals surface area contributed by atoms with Crippen LogP contribution in [0.15, 0.2) is 12.4 Å². The summed E-state index contributed by atoms with van der Waals surface area (Å²) in [5.41, 5.74) is 0. The van der Waals surface area contributed by atoms with E-state index in [0.717, 1.165) is 32.2 Å². The van der Waals surface area contributed by atoms with Gasteiger partial charge in [-0.25, -0.2) is 9.97 Å². The van der Waals surface area contributed by atoms with Crippen LogP contribution in [-0.2, 0) is 0 Å². The number of rotatable bonds is 2. The summed E-state index contributed by atoms with van der Waals surface area (Å²) in [5, 5.41) is 0. The summed E-state index contributed by atoms with van der Waals surface area (Å²) >= 11 is 0. The summed E-state index contributed by atoms with van der Waals surface area (Å²) in [6, 6.07) is 2.21. The van der Waals surface area contributed by atoms with Gasteiger partial charge in [0.25, 0.3) is 0 Å². The maximum atomic E-state index is 13.1. The summed E-state index contributed by atoms with van der Waals surface area (Å²) < 4.78 is 13.1. The first kappa shape index (κ1) is 11.8. The van der Waals surface area contributed by atoms with Gasteiger partial charge in [0.15, 0.2) is 0 Å². The molecule has 0 radical (unpaired) electrons. The Morgan fingerprint density at radius 3 is 2.44 bits per heavy atom. The Kier molecular flexibility index (Phi) is 3.41. The topological polar surface area (TPSA) is 32.3 Å². The van der Waals surface area contributed by atoms with Crippen LogP contribution in [0.1, 0.15) is 25.7 Å². The van der Waals surface area contributed by atoms with Gasteiger partial charge in [-0.2, -0.15) is 4.39 Å². The highest BCUT2D eigenvalue weighted by Gasteiger charge is 2.26. The van der Waals surface area contributed by atoms with Gasteiger partial charge in [0.2, 0.25) is 5.95 Å². The van der Waals surface area contributed by atoms with Crippen LogP contribution in [0.4, 0.5) is 10.2 Å². The van der Waals surface area contributed by atoms with Crippen LogP contribution in [0.25, 0.3) is 0 Å². The molecule has 2 fully saturated rings. The Balaban J connectivity index is 1.59. The van der Waals surface area contributed by atoms with Crippen LogP contribution in [0.2, 0.25) is 0 Å². The Bertz CT molecular complexity index is 398. The van der Waals surface area contributed by atoms with Crippen molar-refractivity contribution < 1.29 is 4.39 Å². The van der Waals surface area contributed by atoms with E-state index in [0.29, 0.717) is 5.82 Å².